The van der Waals surface area contributed by atoms with Crippen LogP contribution in [0, 0.1) is 0 Å². The molecule has 0 saturated carbocycles. The molecule has 1 N–H and O–H groups in total. The highest BCUT2D eigenvalue weighted by atomic mass is 16.2. The van der Waals surface area contributed by atoms with Crippen molar-refractivity contribution < 1.29 is 9.59 Å². The van der Waals surface area contributed by atoms with E-state index in [1.54, 1.807) is 4.90 Å². The summed E-state index contributed by atoms with van der Waals surface area (Å²) in [5, 5.41) is 2.79. The molecule has 1 aromatic rings. The van der Waals surface area contributed by atoms with Crippen molar-refractivity contribution in [3.63, 3.8) is 0 Å². The van der Waals surface area contributed by atoms with Crippen LogP contribution >= 0.6 is 0 Å². The van der Waals surface area contributed by atoms with Gasteiger partial charge >= 0.3 is 0 Å². The molecule has 20 heavy (non-hydrogen) atoms. The molecule has 0 spiro atoms. The number of nitrogens with zero attached hydrogens (tertiary/aromatic N) is 1. The van der Waals surface area contributed by atoms with Crippen molar-refractivity contribution in [2.24, 2.45) is 0 Å². The maximum Gasteiger partial charge on any atom is 0.245 e. The first-order valence-corrected chi connectivity index (χ1v) is 7.30. The minimum absolute atomic E-state index is 0.0310. The summed E-state index contributed by atoms with van der Waals surface area (Å²) in [4.78, 5) is 25.9. The lowest BCUT2D eigenvalue weighted by molar-refractivity contribution is -0.134. The van der Waals surface area contributed by atoms with Crippen LogP contribution < -0.4 is 5.32 Å². The summed E-state index contributed by atoms with van der Waals surface area (Å²) < 4.78 is 0. The van der Waals surface area contributed by atoms with Crippen LogP contribution in [-0.2, 0) is 22.6 Å². The van der Waals surface area contributed by atoms with Crippen molar-refractivity contribution >= 4 is 11.8 Å². The number of rotatable bonds is 4. The van der Waals surface area contributed by atoms with Crippen LogP contribution in [0.25, 0.3) is 0 Å². The maximum absolute atomic E-state index is 12.4. The first-order valence-electron chi connectivity index (χ1n) is 7.30. The van der Waals surface area contributed by atoms with Crippen LogP contribution in [0.5, 0.6) is 0 Å². The van der Waals surface area contributed by atoms with E-state index in [0.29, 0.717) is 25.9 Å². The summed E-state index contributed by atoms with van der Waals surface area (Å²) >= 11 is 0. The summed E-state index contributed by atoms with van der Waals surface area (Å²) in [6.07, 6.45) is 1.97. The normalized spacial score (nSPS) is 19.7. The molecule has 0 aromatic heterocycles. The minimum Gasteiger partial charge on any atom is -0.344 e. The SMILES string of the molecule is CCc1ccccc1CN1CCC(=O)NC(CC)C1=O. The Morgan fingerprint density at radius 3 is 2.55 bits per heavy atom. The fourth-order valence-electron chi connectivity index (χ4n) is 2.59. The molecule has 1 saturated heterocycles. The molecule has 1 heterocycles. The Labute approximate surface area is 120 Å². The van der Waals surface area contributed by atoms with Crippen LogP contribution in [0.1, 0.15) is 37.8 Å². The summed E-state index contributed by atoms with van der Waals surface area (Å²) in [6, 6.07) is 7.80. The lowest BCUT2D eigenvalue weighted by Crippen LogP contribution is -2.44. The monoisotopic (exact) mass is 274 g/mol. The van der Waals surface area contributed by atoms with Gasteiger partial charge in [0.25, 0.3) is 0 Å². The second-order valence-electron chi connectivity index (χ2n) is 5.16. The van der Waals surface area contributed by atoms with Gasteiger partial charge in [-0.1, -0.05) is 38.1 Å². The molecule has 0 radical (unpaired) electrons. The van der Waals surface area contributed by atoms with E-state index < -0.39 is 0 Å². The number of benzene rings is 1. The number of aryl methyl sites for hydroxylation is 1. The molecule has 4 heteroatoms. The molecular formula is C16H22N2O2. The Morgan fingerprint density at radius 1 is 1.20 bits per heavy atom. The second-order valence-corrected chi connectivity index (χ2v) is 5.16. The van der Waals surface area contributed by atoms with Crippen LogP contribution in [0.4, 0.5) is 0 Å². The van der Waals surface area contributed by atoms with Crippen molar-refractivity contribution in [3.05, 3.63) is 35.4 Å². The van der Waals surface area contributed by atoms with E-state index in [0.717, 1.165) is 6.42 Å². The zero-order valence-electron chi connectivity index (χ0n) is 12.2. The molecule has 0 bridgehead atoms. The van der Waals surface area contributed by atoms with Gasteiger partial charge in [-0.2, -0.15) is 0 Å². The van der Waals surface area contributed by atoms with Gasteiger partial charge < -0.3 is 10.2 Å². The van der Waals surface area contributed by atoms with Crippen molar-refractivity contribution in [2.75, 3.05) is 6.54 Å². The first-order chi connectivity index (χ1) is 9.65. The highest BCUT2D eigenvalue weighted by Gasteiger charge is 2.28. The highest BCUT2D eigenvalue weighted by Crippen LogP contribution is 2.15. The van der Waals surface area contributed by atoms with Gasteiger partial charge in [0, 0.05) is 19.5 Å². The van der Waals surface area contributed by atoms with Crippen LogP contribution in [0.15, 0.2) is 24.3 Å². The van der Waals surface area contributed by atoms with Gasteiger partial charge in [0.1, 0.15) is 6.04 Å². The third kappa shape index (κ3) is 3.18. The predicted molar refractivity (Wildman–Crippen MR) is 78.1 cm³/mol. The molecule has 0 aliphatic carbocycles. The molecule has 2 amide bonds. The number of hydrogen-bond acceptors (Lipinski definition) is 2. The smallest absolute Gasteiger partial charge is 0.245 e. The summed E-state index contributed by atoms with van der Waals surface area (Å²) in [5.74, 6) is 0.000679. The van der Waals surface area contributed by atoms with Crippen LogP contribution in [0.2, 0.25) is 0 Å². The van der Waals surface area contributed by atoms with Crippen molar-refractivity contribution in [2.45, 2.75) is 45.7 Å². The molecule has 1 aliphatic rings. The van der Waals surface area contributed by atoms with E-state index in [-0.39, 0.29) is 17.9 Å². The number of hydrogen-bond donors (Lipinski definition) is 1. The molecule has 1 aliphatic heterocycles. The van der Waals surface area contributed by atoms with Gasteiger partial charge in [0.2, 0.25) is 11.8 Å². The fourth-order valence-corrected chi connectivity index (χ4v) is 2.59. The topological polar surface area (TPSA) is 49.4 Å². The maximum atomic E-state index is 12.4. The third-order valence-corrected chi connectivity index (χ3v) is 3.82. The summed E-state index contributed by atoms with van der Waals surface area (Å²) in [7, 11) is 0. The van der Waals surface area contributed by atoms with Gasteiger partial charge in [-0.25, -0.2) is 0 Å². The lowest BCUT2D eigenvalue weighted by atomic mass is 10.0. The number of carbonyl (C=O) groups excluding carboxylic acids is 2. The van der Waals surface area contributed by atoms with Gasteiger partial charge in [-0.3, -0.25) is 9.59 Å². The van der Waals surface area contributed by atoms with Crippen molar-refractivity contribution in [1.82, 2.24) is 10.2 Å². The Bertz CT molecular complexity index is 499. The Morgan fingerprint density at radius 2 is 1.90 bits per heavy atom. The Kier molecular flexibility index (Phi) is 4.77. The van der Waals surface area contributed by atoms with Crippen LogP contribution in [-0.4, -0.2) is 29.3 Å². The number of amides is 2. The highest BCUT2D eigenvalue weighted by molar-refractivity contribution is 5.89. The molecule has 1 fully saturated rings. The average Bonchev–Trinajstić information content (AvgIpc) is 2.60. The second kappa shape index (κ2) is 6.55. The lowest BCUT2D eigenvalue weighted by Gasteiger charge is -2.24. The molecule has 1 aromatic carbocycles. The van der Waals surface area contributed by atoms with Gasteiger partial charge in [-0.05, 0) is 24.0 Å². The Balaban J connectivity index is 2.18. The van der Waals surface area contributed by atoms with E-state index in [1.165, 1.54) is 11.1 Å². The van der Waals surface area contributed by atoms with E-state index >= 15 is 0 Å². The van der Waals surface area contributed by atoms with E-state index in [9.17, 15) is 9.59 Å². The largest absolute Gasteiger partial charge is 0.344 e. The zero-order chi connectivity index (χ0) is 14.5. The quantitative estimate of drug-likeness (QED) is 0.911. The van der Waals surface area contributed by atoms with E-state index in [4.69, 9.17) is 0 Å². The molecule has 4 nitrogen and oxygen atoms in total. The van der Waals surface area contributed by atoms with Gasteiger partial charge in [0.05, 0.1) is 0 Å². The average molecular weight is 274 g/mol. The van der Waals surface area contributed by atoms with E-state index in [2.05, 4.69) is 24.4 Å². The number of nitrogens with one attached hydrogen (secondary N) is 1. The molecule has 2 rings (SSSR count). The first kappa shape index (κ1) is 14.6. The Hall–Kier alpha value is -1.84. The molecule has 1 atom stereocenters. The summed E-state index contributed by atoms with van der Waals surface area (Å²) in [5.41, 5.74) is 2.43. The minimum atomic E-state index is -0.376. The predicted octanol–water partition coefficient (Wildman–Crippen LogP) is 1.88. The molecular weight excluding hydrogens is 252 g/mol. The standard InChI is InChI=1S/C16H22N2O2/c1-3-12-7-5-6-8-13(12)11-18-10-9-15(19)17-14(4-2)16(18)20/h5-8,14H,3-4,9-11H2,1-2H3,(H,17,19). The van der Waals surface area contributed by atoms with Crippen molar-refractivity contribution in [1.29, 1.82) is 0 Å². The number of carbonyl (C=O) groups is 2. The van der Waals surface area contributed by atoms with Crippen molar-refractivity contribution in [3.8, 4) is 0 Å². The molecule has 1 unspecified atom stereocenters. The van der Waals surface area contributed by atoms with E-state index in [1.807, 2.05) is 19.1 Å². The molecule has 108 valence electrons. The summed E-state index contributed by atoms with van der Waals surface area (Å²) in [6.45, 7) is 5.13. The van der Waals surface area contributed by atoms with Crippen LogP contribution in [0.3, 0.4) is 0 Å². The fraction of sp³-hybridized carbons (Fsp3) is 0.500. The zero-order valence-corrected chi connectivity index (χ0v) is 12.2. The van der Waals surface area contributed by atoms with Gasteiger partial charge in [-0.15, -0.1) is 0 Å². The third-order valence-electron chi connectivity index (χ3n) is 3.82. The van der Waals surface area contributed by atoms with Gasteiger partial charge in [0.15, 0.2) is 0 Å².